The summed E-state index contributed by atoms with van der Waals surface area (Å²) in [5.74, 6) is 0.348. The molecule has 0 saturated heterocycles. The van der Waals surface area contributed by atoms with E-state index in [4.69, 9.17) is 4.52 Å². The van der Waals surface area contributed by atoms with Crippen LogP contribution in [0.15, 0.2) is 17.2 Å². The molecule has 0 aliphatic rings. The van der Waals surface area contributed by atoms with Gasteiger partial charge in [-0.25, -0.2) is 4.98 Å². The number of amides is 1. The topological polar surface area (TPSA) is 110 Å². The van der Waals surface area contributed by atoms with Crippen molar-refractivity contribution >= 4 is 5.91 Å². The van der Waals surface area contributed by atoms with Crippen LogP contribution in [0.4, 0.5) is 0 Å². The highest BCUT2D eigenvalue weighted by Crippen LogP contribution is 1.91. The zero-order valence-corrected chi connectivity index (χ0v) is 7.67. The van der Waals surface area contributed by atoms with Gasteiger partial charge in [-0.3, -0.25) is 9.89 Å². The Labute approximate surface area is 84.1 Å². The molecule has 0 bridgehead atoms. The predicted octanol–water partition coefficient (Wildman–Crippen LogP) is -0.840. The molecule has 2 aromatic heterocycles. The van der Waals surface area contributed by atoms with E-state index in [1.54, 1.807) is 0 Å². The van der Waals surface area contributed by atoms with E-state index >= 15 is 0 Å². The number of aromatic amines is 1. The first-order chi connectivity index (χ1) is 7.36. The Morgan fingerprint density at radius 2 is 2.40 bits per heavy atom. The van der Waals surface area contributed by atoms with Crippen LogP contribution < -0.4 is 5.32 Å². The summed E-state index contributed by atoms with van der Waals surface area (Å²) in [6.07, 6.45) is 3.07. The van der Waals surface area contributed by atoms with Crippen molar-refractivity contribution in [3.63, 3.8) is 0 Å². The molecule has 0 fully saturated rings. The third kappa shape index (κ3) is 2.36. The van der Waals surface area contributed by atoms with Crippen LogP contribution in [0, 0.1) is 0 Å². The highest BCUT2D eigenvalue weighted by Gasteiger charge is 2.07. The fourth-order valence-electron chi connectivity index (χ4n) is 0.988. The van der Waals surface area contributed by atoms with Gasteiger partial charge in [0.2, 0.25) is 11.7 Å². The average molecular weight is 208 g/mol. The average Bonchev–Trinajstić information content (AvgIpc) is 2.90. The lowest BCUT2D eigenvalue weighted by atomic mass is 10.4. The SMILES string of the molecule is O=C(NCCc1ncno1)c1ncn[nH]1. The Balaban J connectivity index is 1.77. The summed E-state index contributed by atoms with van der Waals surface area (Å²) >= 11 is 0. The van der Waals surface area contributed by atoms with Crippen LogP contribution in [0.5, 0.6) is 0 Å². The molecule has 2 rings (SSSR count). The van der Waals surface area contributed by atoms with E-state index in [9.17, 15) is 4.79 Å². The van der Waals surface area contributed by atoms with Crippen LogP contribution in [-0.2, 0) is 6.42 Å². The van der Waals surface area contributed by atoms with E-state index < -0.39 is 0 Å². The smallest absolute Gasteiger partial charge is 0.288 e. The Morgan fingerprint density at radius 3 is 3.07 bits per heavy atom. The summed E-state index contributed by atoms with van der Waals surface area (Å²) in [5, 5.41) is 12.1. The highest BCUT2D eigenvalue weighted by atomic mass is 16.5. The van der Waals surface area contributed by atoms with Crippen molar-refractivity contribution in [3.05, 3.63) is 24.4 Å². The number of aromatic nitrogens is 5. The van der Waals surface area contributed by atoms with Gasteiger partial charge in [0.1, 0.15) is 6.33 Å². The minimum atomic E-state index is -0.313. The van der Waals surface area contributed by atoms with Crippen LogP contribution in [0.25, 0.3) is 0 Å². The lowest BCUT2D eigenvalue weighted by Crippen LogP contribution is -2.26. The molecule has 1 amide bonds. The van der Waals surface area contributed by atoms with Crippen molar-refractivity contribution < 1.29 is 9.32 Å². The molecule has 0 spiro atoms. The van der Waals surface area contributed by atoms with Crippen LogP contribution in [0.3, 0.4) is 0 Å². The van der Waals surface area contributed by atoms with Crippen molar-refractivity contribution in [2.24, 2.45) is 0 Å². The van der Waals surface area contributed by atoms with Gasteiger partial charge in [-0.15, -0.1) is 0 Å². The van der Waals surface area contributed by atoms with E-state index in [1.807, 2.05) is 0 Å². The molecule has 8 heteroatoms. The molecule has 78 valence electrons. The maximum absolute atomic E-state index is 11.3. The molecule has 8 nitrogen and oxygen atoms in total. The number of rotatable bonds is 4. The number of carbonyl (C=O) groups excluding carboxylic acids is 1. The number of nitrogens with zero attached hydrogens (tertiary/aromatic N) is 4. The largest absolute Gasteiger partial charge is 0.349 e. The highest BCUT2D eigenvalue weighted by molar-refractivity contribution is 5.90. The molecule has 2 heterocycles. The first-order valence-corrected chi connectivity index (χ1v) is 4.25. The Hall–Kier alpha value is -2.25. The molecule has 0 atom stereocenters. The maximum Gasteiger partial charge on any atom is 0.288 e. The molecule has 2 aromatic rings. The van der Waals surface area contributed by atoms with Gasteiger partial charge in [-0.1, -0.05) is 5.16 Å². The molecule has 0 saturated carbocycles. The third-order valence-electron chi connectivity index (χ3n) is 1.66. The fraction of sp³-hybridized carbons (Fsp3) is 0.286. The van der Waals surface area contributed by atoms with Gasteiger partial charge < -0.3 is 9.84 Å². The van der Waals surface area contributed by atoms with E-state index in [0.717, 1.165) is 0 Å². The van der Waals surface area contributed by atoms with Crippen molar-refractivity contribution in [1.29, 1.82) is 0 Å². The van der Waals surface area contributed by atoms with Crippen molar-refractivity contribution in [2.75, 3.05) is 6.54 Å². The maximum atomic E-state index is 11.3. The predicted molar refractivity (Wildman–Crippen MR) is 46.7 cm³/mol. The van der Waals surface area contributed by atoms with Crippen LogP contribution in [0.1, 0.15) is 16.5 Å². The van der Waals surface area contributed by atoms with Gasteiger partial charge in [-0.2, -0.15) is 10.1 Å². The minimum absolute atomic E-state index is 0.181. The molecular weight excluding hydrogens is 200 g/mol. The quantitative estimate of drug-likeness (QED) is 0.677. The van der Waals surface area contributed by atoms with Gasteiger partial charge in [0.15, 0.2) is 6.33 Å². The number of nitrogens with one attached hydrogen (secondary N) is 2. The van der Waals surface area contributed by atoms with Gasteiger partial charge in [0.25, 0.3) is 5.91 Å². The second kappa shape index (κ2) is 4.31. The summed E-state index contributed by atoms with van der Waals surface area (Å²) in [6, 6.07) is 0. The zero-order chi connectivity index (χ0) is 10.5. The minimum Gasteiger partial charge on any atom is -0.349 e. The van der Waals surface area contributed by atoms with E-state index in [0.29, 0.717) is 18.9 Å². The normalized spacial score (nSPS) is 10.1. The Kier molecular flexibility index (Phi) is 2.68. The van der Waals surface area contributed by atoms with Gasteiger partial charge in [0.05, 0.1) is 0 Å². The molecule has 0 aliphatic heterocycles. The molecule has 2 N–H and O–H groups in total. The molecule has 0 radical (unpaired) electrons. The first-order valence-electron chi connectivity index (χ1n) is 4.25. The molecule has 0 aliphatic carbocycles. The van der Waals surface area contributed by atoms with Crippen LogP contribution in [-0.4, -0.2) is 37.8 Å². The van der Waals surface area contributed by atoms with E-state index in [-0.39, 0.29) is 11.7 Å². The molecule has 0 unspecified atom stereocenters. The lowest BCUT2D eigenvalue weighted by molar-refractivity contribution is 0.0943. The second-order valence-corrected chi connectivity index (χ2v) is 2.67. The number of hydrogen-bond donors (Lipinski definition) is 2. The zero-order valence-electron chi connectivity index (χ0n) is 7.67. The Morgan fingerprint density at radius 1 is 1.47 bits per heavy atom. The number of H-pyrrole nitrogens is 1. The van der Waals surface area contributed by atoms with Gasteiger partial charge >= 0.3 is 0 Å². The lowest BCUT2D eigenvalue weighted by Gasteiger charge is -1.98. The fourth-order valence-corrected chi connectivity index (χ4v) is 0.988. The Bertz CT molecular complexity index is 409. The molecule has 15 heavy (non-hydrogen) atoms. The van der Waals surface area contributed by atoms with E-state index in [1.165, 1.54) is 12.7 Å². The summed E-state index contributed by atoms with van der Waals surface area (Å²) in [6.45, 7) is 0.404. The van der Waals surface area contributed by atoms with Gasteiger partial charge in [0, 0.05) is 13.0 Å². The third-order valence-corrected chi connectivity index (χ3v) is 1.66. The standard InChI is InChI=1S/C7H8N6O2/c14-7(6-10-3-11-13-6)8-2-1-5-9-4-12-15-5/h3-4H,1-2H2,(H,8,14)(H,10,11,13). The first kappa shape index (κ1) is 9.31. The van der Waals surface area contributed by atoms with Crippen LogP contribution >= 0.6 is 0 Å². The molecule has 0 aromatic carbocycles. The van der Waals surface area contributed by atoms with E-state index in [2.05, 4.69) is 30.6 Å². The second-order valence-electron chi connectivity index (χ2n) is 2.67. The summed E-state index contributed by atoms with van der Waals surface area (Å²) in [5.41, 5.74) is 0. The van der Waals surface area contributed by atoms with Crippen LogP contribution in [0.2, 0.25) is 0 Å². The monoisotopic (exact) mass is 208 g/mol. The van der Waals surface area contributed by atoms with Crippen molar-refractivity contribution in [2.45, 2.75) is 6.42 Å². The summed E-state index contributed by atoms with van der Waals surface area (Å²) < 4.78 is 4.76. The summed E-state index contributed by atoms with van der Waals surface area (Å²) in [4.78, 5) is 18.8. The number of carbonyl (C=O) groups is 1. The van der Waals surface area contributed by atoms with Crippen molar-refractivity contribution in [1.82, 2.24) is 30.6 Å². The molecular formula is C7H8N6O2. The van der Waals surface area contributed by atoms with Crippen molar-refractivity contribution in [3.8, 4) is 0 Å². The number of hydrogen-bond acceptors (Lipinski definition) is 6. The van der Waals surface area contributed by atoms with Gasteiger partial charge in [-0.05, 0) is 0 Å². The summed E-state index contributed by atoms with van der Waals surface area (Å²) in [7, 11) is 0.